The molecule has 0 heterocycles. The van der Waals surface area contributed by atoms with E-state index in [9.17, 15) is 4.79 Å². The molecule has 3 unspecified atom stereocenters. The zero-order valence-corrected chi connectivity index (χ0v) is 13.0. The number of nitrogens with one attached hydrogen (secondary N) is 1. The highest BCUT2D eigenvalue weighted by Gasteiger charge is 2.24. The van der Waals surface area contributed by atoms with E-state index in [2.05, 4.69) is 12.2 Å². The molecule has 3 N–H and O–H groups in total. The van der Waals surface area contributed by atoms with Gasteiger partial charge in [0.05, 0.1) is 6.10 Å². The summed E-state index contributed by atoms with van der Waals surface area (Å²) in [6.07, 6.45) is 4.38. The molecule has 1 aromatic rings. The van der Waals surface area contributed by atoms with Crippen LogP contribution in [0.3, 0.4) is 0 Å². The van der Waals surface area contributed by atoms with Crippen LogP contribution in [0.1, 0.15) is 45.1 Å². The monoisotopic (exact) mass is 290 g/mol. The minimum Gasteiger partial charge on any atom is -0.365 e. The van der Waals surface area contributed by atoms with Crippen LogP contribution in [0.25, 0.3) is 0 Å². The fourth-order valence-electron chi connectivity index (χ4n) is 2.82. The first-order valence-corrected chi connectivity index (χ1v) is 7.84. The minimum absolute atomic E-state index is 0.0891. The van der Waals surface area contributed by atoms with Gasteiger partial charge in [0.25, 0.3) is 5.91 Å². The van der Waals surface area contributed by atoms with Crippen molar-refractivity contribution in [2.45, 2.75) is 58.3 Å². The molecule has 0 bridgehead atoms. The summed E-state index contributed by atoms with van der Waals surface area (Å²) in [6.45, 7) is 4.58. The number of hydrogen-bond donors (Lipinski definition) is 2. The van der Waals surface area contributed by atoms with Crippen LogP contribution in [0.15, 0.2) is 24.3 Å². The zero-order chi connectivity index (χ0) is 15.2. The standard InChI is InChI=1S/C17H26N2O2/c1-12-4-3-5-16(10-12)21-13(2)17(20)19-15-8-6-14(11-18)7-9-15/h6-9,12-13,16H,3-5,10-11,18H2,1-2H3,(H,19,20). The average Bonchev–Trinajstić information content (AvgIpc) is 2.48. The second kappa shape index (κ2) is 7.57. The van der Waals surface area contributed by atoms with Crippen molar-refractivity contribution in [3.05, 3.63) is 29.8 Å². The Kier molecular flexibility index (Phi) is 5.76. The SMILES string of the molecule is CC1CCCC(OC(C)C(=O)Nc2ccc(CN)cc2)C1. The van der Waals surface area contributed by atoms with Crippen molar-refractivity contribution in [2.75, 3.05) is 5.32 Å². The van der Waals surface area contributed by atoms with Gasteiger partial charge < -0.3 is 15.8 Å². The first-order chi connectivity index (χ1) is 10.1. The van der Waals surface area contributed by atoms with Gasteiger partial charge in [0.15, 0.2) is 0 Å². The third-order valence-corrected chi connectivity index (χ3v) is 4.11. The summed E-state index contributed by atoms with van der Waals surface area (Å²) in [4.78, 5) is 12.2. The maximum atomic E-state index is 12.2. The van der Waals surface area contributed by atoms with Gasteiger partial charge >= 0.3 is 0 Å². The van der Waals surface area contributed by atoms with Gasteiger partial charge in [0, 0.05) is 12.2 Å². The zero-order valence-electron chi connectivity index (χ0n) is 13.0. The smallest absolute Gasteiger partial charge is 0.253 e. The lowest BCUT2D eigenvalue weighted by atomic mass is 9.88. The number of ether oxygens (including phenoxy) is 1. The summed E-state index contributed by atoms with van der Waals surface area (Å²) < 4.78 is 5.91. The first-order valence-electron chi connectivity index (χ1n) is 7.84. The summed E-state index contributed by atoms with van der Waals surface area (Å²) >= 11 is 0. The van der Waals surface area contributed by atoms with Gasteiger partial charge in [-0.25, -0.2) is 0 Å². The Morgan fingerprint density at radius 3 is 2.71 bits per heavy atom. The van der Waals surface area contributed by atoms with Gasteiger partial charge in [0.1, 0.15) is 6.10 Å². The predicted octanol–water partition coefficient (Wildman–Crippen LogP) is 3.07. The van der Waals surface area contributed by atoms with Crippen LogP contribution >= 0.6 is 0 Å². The molecule has 2 rings (SSSR count). The van der Waals surface area contributed by atoms with Crippen LogP contribution in [0.4, 0.5) is 5.69 Å². The highest BCUT2D eigenvalue weighted by Crippen LogP contribution is 2.26. The molecule has 0 aromatic heterocycles. The topological polar surface area (TPSA) is 64.3 Å². The van der Waals surface area contributed by atoms with E-state index in [0.717, 1.165) is 24.1 Å². The van der Waals surface area contributed by atoms with Crippen molar-refractivity contribution in [3.63, 3.8) is 0 Å². The molecule has 21 heavy (non-hydrogen) atoms. The molecule has 1 aliphatic rings. The Balaban J connectivity index is 1.83. The van der Waals surface area contributed by atoms with Crippen molar-refractivity contribution < 1.29 is 9.53 Å². The Morgan fingerprint density at radius 2 is 2.10 bits per heavy atom. The van der Waals surface area contributed by atoms with E-state index in [1.54, 1.807) is 0 Å². The average molecular weight is 290 g/mol. The highest BCUT2D eigenvalue weighted by molar-refractivity contribution is 5.93. The Bertz CT molecular complexity index is 458. The first kappa shape index (κ1) is 16.0. The normalized spacial score (nSPS) is 23.6. The summed E-state index contributed by atoms with van der Waals surface area (Å²) in [6, 6.07) is 7.58. The van der Waals surface area contributed by atoms with Gasteiger partial charge in [0.2, 0.25) is 0 Å². The second-order valence-electron chi connectivity index (χ2n) is 6.06. The van der Waals surface area contributed by atoms with E-state index in [4.69, 9.17) is 10.5 Å². The third-order valence-electron chi connectivity index (χ3n) is 4.11. The molecule has 1 amide bonds. The molecule has 1 fully saturated rings. The Morgan fingerprint density at radius 1 is 1.38 bits per heavy atom. The largest absolute Gasteiger partial charge is 0.365 e. The molecule has 1 aromatic carbocycles. The maximum absolute atomic E-state index is 12.2. The number of amides is 1. The van der Waals surface area contributed by atoms with E-state index in [-0.39, 0.29) is 12.0 Å². The number of rotatable bonds is 5. The van der Waals surface area contributed by atoms with Crippen molar-refractivity contribution in [3.8, 4) is 0 Å². The van der Waals surface area contributed by atoms with Gasteiger partial charge in [-0.15, -0.1) is 0 Å². The fraction of sp³-hybridized carbons (Fsp3) is 0.588. The molecule has 0 spiro atoms. The van der Waals surface area contributed by atoms with Crippen LogP contribution in [-0.2, 0) is 16.1 Å². The molecular formula is C17H26N2O2. The second-order valence-corrected chi connectivity index (χ2v) is 6.06. The molecule has 116 valence electrons. The predicted molar refractivity (Wildman–Crippen MR) is 84.9 cm³/mol. The molecule has 1 saturated carbocycles. The van der Waals surface area contributed by atoms with E-state index in [1.165, 1.54) is 12.8 Å². The summed E-state index contributed by atoms with van der Waals surface area (Å²) in [5, 5.41) is 2.89. The van der Waals surface area contributed by atoms with Crippen LogP contribution in [0, 0.1) is 5.92 Å². The van der Waals surface area contributed by atoms with Crippen molar-refractivity contribution in [1.82, 2.24) is 0 Å². The quantitative estimate of drug-likeness (QED) is 0.876. The van der Waals surface area contributed by atoms with Crippen LogP contribution in [0.2, 0.25) is 0 Å². The van der Waals surface area contributed by atoms with Gasteiger partial charge in [-0.2, -0.15) is 0 Å². The number of anilines is 1. The van der Waals surface area contributed by atoms with Gasteiger partial charge in [-0.1, -0.05) is 31.9 Å². The number of nitrogens with two attached hydrogens (primary N) is 1. The minimum atomic E-state index is -0.422. The molecule has 0 radical (unpaired) electrons. The molecule has 4 nitrogen and oxygen atoms in total. The fourth-order valence-corrected chi connectivity index (χ4v) is 2.82. The lowest BCUT2D eigenvalue weighted by Crippen LogP contribution is -2.33. The number of carbonyl (C=O) groups is 1. The lowest BCUT2D eigenvalue weighted by Gasteiger charge is -2.29. The molecule has 1 aliphatic carbocycles. The Labute approximate surface area is 127 Å². The Hall–Kier alpha value is -1.39. The summed E-state index contributed by atoms with van der Waals surface area (Å²) in [5.41, 5.74) is 7.39. The van der Waals surface area contributed by atoms with E-state index < -0.39 is 6.10 Å². The van der Waals surface area contributed by atoms with Crippen LogP contribution in [-0.4, -0.2) is 18.1 Å². The van der Waals surface area contributed by atoms with E-state index >= 15 is 0 Å². The van der Waals surface area contributed by atoms with E-state index in [1.807, 2.05) is 31.2 Å². The van der Waals surface area contributed by atoms with Crippen molar-refractivity contribution >= 4 is 11.6 Å². The molecular weight excluding hydrogens is 264 g/mol. The number of benzene rings is 1. The van der Waals surface area contributed by atoms with Crippen LogP contribution < -0.4 is 11.1 Å². The molecule has 3 atom stereocenters. The van der Waals surface area contributed by atoms with Gasteiger partial charge in [-0.3, -0.25) is 4.79 Å². The molecule has 0 aliphatic heterocycles. The maximum Gasteiger partial charge on any atom is 0.253 e. The summed E-state index contributed by atoms with van der Waals surface area (Å²) in [7, 11) is 0. The summed E-state index contributed by atoms with van der Waals surface area (Å²) in [5.74, 6) is 0.608. The van der Waals surface area contributed by atoms with Crippen molar-refractivity contribution in [1.29, 1.82) is 0 Å². The third kappa shape index (κ3) is 4.83. The van der Waals surface area contributed by atoms with Crippen molar-refractivity contribution in [2.24, 2.45) is 11.7 Å². The lowest BCUT2D eigenvalue weighted by molar-refractivity contribution is -0.131. The van der Waals surface area contributed by atoms with Crippen LogP contribution in [0.5, 0.6) is 0 Å². The van der Waals surface area contributed by atoms with E-state index in [0.29, 0.717) is 12.5 Å². The molecule has 0 saturated heterocycles. The number of carbonyl (C=O) groups excluding carboxylic acids is 1. The number of hydrogen-bond acceptors (Lipinski definition) is 3. The highest BCUT2D eigenvalue weighted by atomic mass is 16.5. The van der Waals surface area contributed by atoms with Gasteiger partial charge in [-0.05, 0) is 43.4 Å². The molecule has 4 heteroatoms.